The second kappa shape index (κ2) is 7.13. The average molecular weight is 345 g/mol. The number of aryl methyl sites for hydroxylation is 2. The molecule has 1 atom stereocenters. The van der Waals surface area contributed by atoms with Crippen molar-refractivity contribution in [1.29, 1.82) is 0 Å². The van der Waals surface area contributed by atoms with Crippen LogP contribution in [0.2, 0.25) is 0 Å². The fourth-order valence-corrected chi connectivity index (χ4v) is 3.11. The summed E-state index contributed by atoms with van der Waals surface area (Å²) in [4.78, 5) is 36.7. The van der Waals surface area contributed by atoms with E-state index in [9.17, 15) is 14.4 Å². The van der Waals surface area contributed by atoms with Crippen molar-refractivity contribution in [2.75, 3.05) is 13.1 Å². The van der Waals surface area contributed by atoms with E-state index in [1.807, 2.05) is 18.2 Å². The van der Waals surface area contributed by atoms with Crippen molar-refractivity contribution in [3.05, 3.63) is 29.3 Å². The van der Waals surface area contributed by atoms with Gasteiger partial charge in [-0.2, -0.15) is 0 Å². The van der Waals surface area contributed by atoms with Gasteiger partial charge in [0.2, 0.25) is 5.91 Å². The van der Waals surface area contributed by atoms with Crippen LogP contribution in [0.25, 0.3) is 0 Å². The van der Waals surface area contributed by atoms with Crippen molar-refractivity contribution in [2.24, 2.45) is 0 Å². The second-order valence-electron chi connectivity index (χ2n) is 6.66. The lowest BCUT2D eigenvalue weighted by Gasteiger charge is -2.32. The van der Waals surface area contributed by atoms with E-state index in [2.05, 4.69) is 24.5 Å². The quantitative estimate of drug-likeness (QED) is 0.805. The van der Waals surface area contributed by atoms with Gasteiger partial charge in [-0.15, -0.1) is 0 Å². The van der Waals surface area contributed by atoms with Gasteiger partial charge >= 0.3 is 6.03 Å². The first-order chi connectivity index (χ1) is 11.9. The van der Waals surface area contributed by atoms with Gasteiger partial charge in [-0.1, -0.05) is 6.07 Å². The number of benzene rings is 1. The van der Waals surface area contributed by atoms with Crippen LogP contribution in [0.1, 0.15) is 30.4 Å². The number of carbonyl (C=O) groups is 3. The summed E-state index contributed by atoms with van der Waals surface area (Å²) < 4.78 is 6.02. The van der Waals surface area contributed by atoms with Crippen molar-refractivity contribution in [3.63, 3.8) is 0 Å². The summed E-state index contributed by atoms with van der Waals surface area (Å²) in [6.45, 7) is 5.31. The van der Waals surface area contributed by atoms with Gasteiger partial charge in [0, 0.05) is 25.9 Å². The molecular weight excluding hydrogens is 322 g/mol. The Hall–Kier alpha value is -2.57. The standard InChI is InChI=1S/C18H23N3O4/c1-11-3-4-14(9-12(11)2)25-13-5-7-21(8-6-13)16(22)10-15-17(23)20-18(24)19-15/h3-4,9,13,15H,5-8,10H2,1-2H3,(H2,19,20,23,24). The molecule has 0 bridgehead atoms. The maximum absolute atomic E-state index is 12.3. The second-order valence-corrected chi connectivity index (χ2v) is 6.66. The normalized spacial score (nSPS) is 21.0. The molecule has 2 N–H and O–H groups in total. The average Bonchev–Trinajstić information content (AvgIpc) is 2.89. The van der Waals surface area contributed by atoms with Crippen LogP contribution in [0.4, 0.5) is 4.79 Å². The highest BCUT2D eigenvalue weighted by atomic mass is 16.5. The molecule has 0 radical (unpaired) electrons. The molecule has 4 amide bonds. The van der Waals surface area contributed by atoms with Crippen molar-refractivity contribution in [1.82, 2.24) is 15.5 Å². The van der Waals surface area contributed by atoms with E-state index in [1.165, 1.54) is 11.1 Å². The first-order valence-electron chi connectivity index (χ1n) is 8.55. The number of piperidine rings is 1. The van der Waals surface area contributed by atoms with E-state index in [0.717, 1.165) is 18.6 Å². The highest BCUT2D eigenvalue weighted by Crippen LogP contribution is 2.22. The zero-order valence-electron chi connectivity index (χ0n) is 14.5. The topological polar surface area (TPSA) is 87.7 Å². The molecule has 2 saturated heterocycles. The molecule has 2 aliphatic heterocycles. The van der Waals surface area contributed by atoms with E-state index in [4.69, 9.17) is 4.74 Å². The number of urea groups is 1. The van der Waals surface area contributed by atoms with Crippen molar-refractivity contribution in [3.8, 4) is 5.75 Å². The summed E-state index contributed by atoms with van der Waals surface area (Å²) in [5.41, 5.74) is 2.43. The van der Waals surface area contributed by atoms with Gasteiger partial charge in [0.05, 0.1) is 6.42 Å². The minimum absolute atomic E-state index is 0.000252. The van der Waals surface area contributed by atoms with Crippen LogP contribution in [0.5, 0.6) is 5.75 Å². The molecule has 7 heteroatoms. The van der Waals surface area contributed by atoms with E-state index in [1.54, 1.807) is 4.90 Å². The van der Waals surface area contributed by atoms with Gasteiger partial charge in [0.1, 0.15) is 17.9 Å². The van der Waals surface area contributed by atoms with Crippen molar-refractivity contribution < 1.29 is 19.1 Å². The fraction of sp³-hybridized carbons (Fsp3) is 0.500. The third kappa shape index (κ3) is 4.10. The smallest absolute Gasteiger partial charge is 0.322 e. The summed E-state index contributed by atoms with van der Waals surface area (Å²) in [6.07, 6.45) is 1.59. The Labute approximate surface area is 146 Å². The maximum Gasteiger partial charge on any atom is 0.322 e. The zero-order valence-corrected chi connectivity index (χ0v) is 14.5. The molecule has 2 heterocycles. The van der Waals surface area contributed by atoms with Gasteiger partial charge in [-0.3, -0.25) is 14.9 Å². The van der Waals surface area contributed by atoms with Gasteiger partial charge in [-0.05, 0) is 37.1 Å². The number of imide groups is 1. The van der Waals surface area contributed by atoms with Crippen molar-refractivity contribution in [2.45, 2.75) is 45.3 Å². The number of likely N-dealkylation sites (tertiary alicyclic amines) is 1. The number of hydrogen-bond acceptors (Lipinski definition) is 4. The molecule has 0 aliphatic carbocycles. The number of nitrogens with zero attached hydrogens (tertiary/aromatic N) is 1. The molecule has 2 fully saturated rings. The lowest BCUT2D eigenvalue weighted by molar-refractivity contribution is -0.135. The summed E-state index contributed by atoms with van der Waals surface area (Å²) in [5.74, 6) is 0.302. The van der Waals surface area contributed by atoms with Gasteiger partial charge in [0.25, 0.3) is 5.91 Å². The lowest BCUT2D eigenvalue weighted by Crippen LogP contribution is -2.44. The molecular formula is C18H23N3O4. The Balaban J connectivity index is 1.48. The number of rotatable bonds is 4. The van der Waals surface area contributed by atoms with Crippen LogP contribution in [0.3, 0.4) is 0 Å². The molecule has 0 aromatic heterocycles. The summed E-state index contributed by atoms with van der Waals surface area (Å²) >= 11 is 0. The molecule has 7 nitrogen and oxygen atoms in total. The molecule has 1 unspecified atom stereocenters. The molecule has 134 valence electrons. The Morgan fingerprint density at radius 1 is 1.20 bits per heavy atom. The van der Waals surface area contributed by atoms with E-state index in [0.29, 0.717) is 13.1 Å². The number of hydrogen-bond donors (Lipinski definition) is 2. The first kappa shape index (κ1) is 17.3. The lowest BCUT2D eigenvalue weighted by atomic mass is 10.1. The van der Waals surface area contributed by atoms with E-state index in [-0.39, 0.29) is 18.4 Å². The molecule has 2 aliphatic rings. The van der Waals surface area contributed by atoms with Crippen LogP contribution >= 0.6 is 0 Å². The number of carbonyl (C=O) groups excluding carboxylic acids is 3. The third-order valence-electron chi connectivity index (χ3n) is 4.81. The zero-order chi connectivity index (χ0) is 18.0. The van der Waals surface area contributed by atoms with Gasteiger partial charge in [-0.25, -0.2) is 4.79 Å². The minimum Gasteiger partial charge on any atom is -0.490 e. The Kier molecular flexibility index (Phi) is 4.92. The van der Waals surface area contributed by atoms with Gasteiger partial charge < -0.3 is 15.0 Å². The monoisotopic (exact) mass is 345 g/mol. The highest BCUT2D eigenvalue weighted by Gasteiger charge is 2.33. The molecule has 0 saturated carbocycles. The maximum atomic E-state index is 12.3. The number of ether oxygens (including phenoxy) is 1. The van der Waals surface area contributed by atoms with Gasteiger partial charge in [0.15, 0.2) is 0 Å². The van der Waals surface area contributed by atoms with E-state index >= 15 is 0 Å². The Morgan fingerprint density at radius 3 is 2.52 bits per heavy atom. The summed E-state index contributed by atoms with van der Waals surface area (Å²) in [6, 6.07) is 4.76. The van der Waals surface area contributed by atoms with E-state index < -0.39 is 18.0 Å². The molecule has 1 aromatic rings. The predicted octanol–water partition coefficient (Wildman–Crippen LogP) is 1.27. The Morgan fingerprint density at radius 2 is 1.92 bits per heavy atom. The number of amides is 4. The molecule has 0 spiro atoms. The SMILES string of the molecule is Cc1ccc(OC2CCN(C(=O)CC3NC(=O)NC3=O)CC2)cc1C. The highest BCUT2D eigenvalue weighted by molar-refractivity contribution is 6.05. The summed E-state index contributed by atoms with van der Waals surface area (Å²) in [7, 11) is 0. The van der Waals surface area contributed by atoms with Crippen LogP contribution in [0, 0.1) is 13.8 Å². The van der Waals surface area contributed by atoms with Crippen LogP contribution in [0.15, 0.2) is 18.2 Å². The predicted molar refractivity (Wildman–Crippen MR) is 91.2 cm³/mol. The molecule has 1 aromatic carbocycles. The molecule has 3 rings (SSSR count). The third-order valence-corrected chi connectivity index (χ3v) is 4.81. The summed E-state index contributed by atoms with van der Waals surface area (Å²) in [5, 5.41) is 4.59. The van der Waals surface area contributed by atoms with Crippen LogP contribution in [-0.4, -0.2) is 48.0 Å². The number of nitrogens with one attached hydrogen (secondary N) is 2. The van der Waals surface area contributed by atoms with Crippen LogP contribution < -0.4 is 15.4 Å². The fourth-order valence-electron chi connectivity index (χ4n) is 3.11. The first-order valence-corrected chi connectivity index (χ1v) is 8.55. The minimum atomic E-state index is -0.760. The Bertz CT molecular complexity index is 696. The molecule has 25 heavy (non-hydrogen) atoms. The largest absolute Gasteiger partial charge is 0.490 e. The van der Waals surface area contributed by atoms with Crippen molar-refractivity contribution >= 4 is 17.8 Å². The van der Waals surface area contributed by atoms with Crippen LogP contribution in [-0.2, 0) is 9.59 Å².